The number of ether oxygens (including phenoxy) is 3. The SMILES string of the molecule is C=CCOC12Oc3ccc(OCc4cccc(C)n4)cc3C3C(CCCCO)C(CCCCO)C=C(C(=NOCC)CC1N(Cc1ccc(F)cc1)C(=O)C=Cc1ccc([N+](=O)[O-])cc1)C32. The van der Waals surface area contributed by atoms with Crippen LogP contribution < -0.4 is 9.47 Å². The van der Waals surface area contributed by atoms with Crippen molar-refractivity contribution < 1.29 is 43.4 Å². The highest BCUT2D eigenvalue weighted by Gasteiger charge is 2.65. The number of oxime groups is 1. The number of amides is 1. The van der Waals surface area contributed by atoms with Gasteiger partial charge in [0.1, 0.15) is 36.6 Å². The van der Waals surface area contributed by atoms with Gasteiger partial charge in [0.15, 0.2) is 0 Å². The number of pyridine rings is 1. The van der Waals surface area contributed by atoms with Crippen LogP contribution in [-0.2, 0) is 27.5 Å². The number of non-ortho nitro benzene ring substituents is 1. The van der Waals surface area contributed by atoms with E-state index in [1.165, 1.54) is 30.3 Å². The lowest BCUT2D eigenvalue weighted by Gasteiger charge is -2.60. The molecule has 0 radical (unpaired) electrons. The normalized spacial score (nSPS) is 22.5. The molecule has 3 aromatic carbocycles. The van der Waals surface area contributed by atoms with E-state index < -0.39 is 34.4 Å². The van der Waals surface area contributed by atoms with Crippen molar-refractivity contribution in [3.05, 3.63) is 159 Å². The lowest BCUT2D eigenvalue weighted by atomic mass is 9.55. The first-order chi connectivity index (χ1) is 32.1. The number of benzene rings is 3. The highest BCUT2D eigenvalue weighted by Crippen LogP contribution is 2.62. The van der Waals surface area contributed by atoms with Gasteiger partial charge in [0.05, 0.1) is 28.9 Å². The van der Waals surface area contributed by atoms with Gasteiger partial charge in [-0.3, -0.25) is 19.9 Å². The van der Waals surface area contributed by atoms with Crippen molar-refractivity contribution in [3.8, 4) is 11.5 Å². The van der Waals surface area contributed by atoms with Gasteiger partial charge in [-0.05, 0) is 129 Å². The number of carbonyl (C=O) groups excluding carboxylic acids is 1. The van der Waals surface area contributed by atoms with Gasteiger partial charge in [-0.1, -0.05) is 48.3 Å². The van der Waals surface area contributed by atoms with Gasteiger partial charge < -0.3 is 34.2 Å². The van der Waals surface area contributed by atoms with Crippen molar-refractivity contribution >= 4 is 23.4 Å². The van der Waals surface area contributed by atoms with Crippen LogP contribution in [0.4, 0.5) is 10.1 Å². The molecule has 6 unspecified atom stereocenters. The molecule has 1 amide bonds. The zero-order valence-corrected chi connectivity index (χ0v) is 37.6. The van der Waals surface area contributed by atoms with Gasteiger partial charge in [-0.2, -0.15) is 0 Å². The number of nitrogens with zero attached hydrogens (tertiary/aromatic N) is 4. The summed E-state index contributed by atoms with van der Waals surface area (Å²) in [6.07, 6.45) is 11.5. The highest BCUT2D eigenvalue weighted by molar-refractivity contribution is 6.03. The van der Waals surface area contributed by atoms with Crippen molar-refractivity contribution in [2.24, 2.45) is 22.9 Å². The first-order valence-corrected chi connectivity index (χ1v) is 22.8. The Bertz CT molecular complexity index is 2410. The minimum Gasteiger partial charge on any atom is -0.487 e. The standard InChI is InChI=1S/C52H59FN4O9/c1-4-29-64-52-48(56(33-37-15-20-39(53)21-16-37)49(60)26-19-36-17-22-41(23-18-36)57(61)62)32-46(55-65-5-2)44-30-38(12-6-8-27-58)43(14-7-9-28-59)50(51(44)52)45-31-42(24-25-47(45)66-52)63-34-40-13-10-11-35(3)54-40/h4,10-11,13,15-26,30-31,38,43,48,50-51,58-59H,1,5-9,12,14,27-29,32-34H2,2-3H3. The molecular weight excluding hydrogens is 844 g/mol. The second-order valence-corrected chi connectivity index (χ2v) is 17.0. The number of unbranched alkanes of at least 4 members (excludes halogenated alkanes) is 2. The first-order valence-electron chi connectivity index (χ1n) is 22.8. The van der Waals surface area contributed by atoms with Crippen molar-refractivity contribution in [1.82, 2.24) is 9.88 Å². The smallest absolute Gasteiger partial charge is 0.269 e. The third kappa shape index (κ3) is 10.9. The summed E-state index contributed by atoms with van der Waals surface area (Å²) in [4.78, 5) is 38.1. The van der Waals surface area contributed by atoms with Crippen LogP contribution in [-0.4, -0.2) is 74.9 Å². The van der Waals surface area contributed by atoms with Gasteiger partial charge in [-0.15, -0.1) is 6.58 Å². The Morgan fingerprint density at radius 3 is 2.50 bits per heavy atom. The average Bonchev–Trinajstić information content (AvgIpc) is 3.32. The van der Waals surface area contributed by atoms with Crippen LogP contribution in [0.25, 0.3) is 6.08 Å². The summed E-state index contributed by atoms with van der Waals surface area (Å²) >= 11 is 0. The van der Waals surface area contributed by atoms with Crippen molar-refractivity contribution in [2.75, 3.05) is 26.4 Å². The van der Waals surface area contributed by atoms with Gasteiger partial charge >= 0.3 is 0 Å². The second-order valence-electron chi connectivity index (χ2n) is 17.0. The van der Waals surface area contributed by atoms with E-state index in [4.69, 9.17) is 24.2 Å². The van der Waals surface area contributed by atoms with Gasteiger partial charge in [-0.25, -0.2) is 4.39 Å². The molecular formula is C52H59FN4O9. The zero-order valence-electron chi connectivity index (χ0n) is 37.6. The van der Waals surface area contributed by atoms with E-state index in [0.29, 0.717) is 47.8 Å². The Morgan fingerprint density at radius 1 is 1.05 bits per heavy atom. The number of nitro benzene ring substituents is 1. The number of rotatable bonds is 22. The Morgan fingerprint density at radius 2 is 1.80 bits per heavy atom. The van der Waals surface area contributed by atoms with Crippen molar-refractivity contribution in [2.45, 2.75) is 89.7 Å². The predicted octanol–water partition coefficient (Wildman–Crippen LogP) is 9.41. The summed E-state index contributed by atoms with van der Waals surface area (Å²) in [5.74, 6) is -2.02. The van der Waals surface area contributed by atoms with E-state index in [1.54, 1.807) is 41.3 Å². The molecule has 14 heteroatoms. The quantitative estimate of drug-likeness (QED) is 0.0255. The molecule has 7 rings (SSSR count). The molecule has 2 N–H and O–H groups in total. The number of aromatic nitrogens is 1. The lowest BCUT2D eigenvalue weighted by molar-refractivity contribution is -0.384. The van der Waals surface area contributed by atoms with Crippen molar-refractivity contribution in [3.63, 3.8) is 0 Å². The van der Waals surface area contributed by atoms with E-state index in [-0.39, 0.29) is 62.8 Å². The monoisotopic (exact) mass is 902 g/mol. The second kappa shape index (κ2) is 22.3. The largest absolute Gasteiger partial charge is 0.487 e. The van der Waals surface area contributed by atoms with Crippen LogP contribution in [0.15, 0.2) is 120 Å². The van der Waals surface area contributed by atoms with E-state index in [0.717, 1.165) is 48.2 Å². The number of carbonyl (C=O) groups is 1. The molecule has 0 saturated heterocycles. The fraction of sp³-hybridized carbons (Fsp3) is 0.404. The summed E-state index contributed by atoms with van der Waals surface area (Å²) in [5, 5.41) is 36.1. The van der Waals surface area contributed by atoms with E-state index in [1.807, 2.05) is 50.2 Å². The van der Waals surface area contributed by atoms with E-state index in [2.05, 4.69) is 17.6 Å². The maximum absolute atomic E-state index is 15.0. The number of aryl methyl sites for hydroxylation is 1. The molecule has 1 saturated carbocycles. The molecule has 2 aliphatic carbocycles. The van der Waals surface area contributed by atoms with Crippen LogP contribution in [0.5, 0.6) is 11.5 Å². The Labute approximate surface area is 385 Å². The summed E-state index contributed by atoms with van der Waals surface area (Å²) in [5.41, 5.74) is 5.26. The van der Waals surface area contributed by atoms with Crippen LogP contribution in [0.2, 0.25) is 0 Å². The molecule has 66 heavy (non-hydrogen) atoms. The molecule has 6 atom stereocenters. The number of halogens is 1. The van der Waals surface area contributed by atoms with Crippen LogP contribution in [0.3, 0.4) is 0 Å². The maximum atomic E-state index is 15.0. The maximum Gasteiger partial charge on any atom is 0.269 e. The number of hydrogen-bond acceptors (Lipinski definition) is 11. The average molecular weight is 903 g/mol. The Balaban J connectivity index is 1.42. The van der Waals surface area contributed by atoms with Crippen LogP contribution in [0.1, 0.15) is 85.9 Å². The van der Waals surface area contributed by atoms with E-state index >= 15 is 4.79 Å². The molecule has 4 aromatic rings. The molecule has 3 aliphatic rings. The molecule has 1 fully saturated rings. The Hall–Kier alpha value is -6.22. The molecule has 2 heterocycles. The van der Waals surface area contributed by atoms with Crippen molar-refractivity contribution in [1.29, 1.82) is 0 Å². The molecule has 1 aromatic heterocycles. The molecule has 0 spiro atoms. The number of aliphatic hydroxyl groups excluding tert-OH is 2. The number of aliphatic hydroxyl groups is 2. The lowest BCUT2D eigenvalue weighted by Crippen LogP contribution is -2.70. The first kappa shape index (κ1) is 47.7. The van der Waals surface area contributed by atoms with Crippen LogP contribution in [0, 0.1) is 40.6 Å². The molecule has 348 valence electrons. The fourth-order valence-corrected chi connectivity index (χ4v) is 9.82. The summed E-state index contributed by atoms with van der Waals surface area (Å²) in [7, 11) is 0. The van der Waals surface area contributed by atoms with E-state index in [9.17, 15) is 24.7 Å². The summed E-state index contributed by atoms with van der Waals surface area (Å²) < 4.78 is 35.3. The minimum atomic E-state index is -1.54. The summed E-state index contributed by atoms with van der Waals surface area (Å²) in [6.45, 7) is 8.58. The fourth-order valence-electron chi connectivity index (χ4n) is 9.82. The summed E-state index contributed by atoms with van der Waals surface area (Å²) in [6, 6.07) is 22.6. The number of fused-ring (bicyclic) bond motifs is 2. The third-order valence-electron chi connectivity index (χ3n) is 12.7. The highest BCUT2D eigenvalue weighted by atomic mass is 19.1. The molecule has 13 nitrogen and oxygen atoms in total. The number of nitro groups is 1. The predicted molar refractivity (Wildman–Crippen MR) is 249 cm³/mol. The van der Waals surface area contributed by atoms with Gasteiger partial charge in [0, 0.05) is 61.6 Å². The zero-order chi connectivity index (χ0) is 46.6. The third-order valence-corrected chi connectivity index (χ3v) is 12.7. The van der Waals surface area contributed by atoms with Crippen LogP contribution >= 0.6 is 0 Å². The molecule has 0 bridgehead atoms. The van der Waals surface area contributed by atoms with Gasteiger partial charge in [0.25, 0.3) is 5.69 Å². The molecule has 1 aliphatic heterocycles. The van der Waals surface area contributed by atoms with Gasteiger partial charge in [0.2, 0.25) is 11.7 Å². The minimum absolute atomic E-state index is 0.0117. The topological polar surface area (TPSA) is 166 Å². The Kier molecular flexibility index (Phi) is 16.1. The number of hydrogen-bond donors (Lipinski definition) is 2. The number of allylic oxidation sites excluding steroid dienone is 1.